The number of hydrogen-bond donors (Lipinski definition) is 1. The molecule has 1 N–H and O–H groups in total. The van der Waals surface area contributed by atoms with E-state index in [1.807, 2.05) is 20.8 Å². The van der Waals surface area contributed by atoms with Gasteiger partial charge in [-0.15, -0.1) is 3.77 Å². The molecule has 2 aromatic carbocycles. The Kier molecular flexibility index (Phi) is 5.71. The molecule has 0 aliphatic carbocycles. The topological polar surface area (TPSA) is 102 Å². The van der Waals surface area contributed by atoms with E-state index in [-0.39, 0.29) is 10.6 Å². The summed E-state index contributed by atoms with van der Waals surface area (Å²) in [5.41, 5.74) is -0.463. The number of nitro groups is 1. The van der Waals surface area contributed by atoms with Gasteiger partial charge >= 0.3 is 0 Å². The SMILES string of the molecule is CC(C)(C)N[S@@](=NS(=O)(=O)c1ccccc1)c1ccc([N+](=O)[O-])cc1. The molecule has 2 aromatic rings. The standard InChI is InChI=1S/C16H19N3O4S2/c1-16(2,3)17-24(14-11-9-13(10-12-14)19(20)21)18-25(22,23)15-7-5-4-6-8-15/h4-12H,1-3H3,(H,17,18)/t24-/m0/s1. The number of nitrogens with one attached hydrogen (secondary N) is 1. The Labute approximate surface area is 149 Å². The predicted octanol–water partition coefficient (Wildman–Crippen LogP) is 3.45. The van der Waals surface area contributed by atoms with E-state index in [2.05, 4.69) is 8.49 Å². The van der Waals surface area contributed by atoms with Crippen LogP contribution in [0.15, 0.2) is 68.2 Å². The number of non-ortho nitro benzene ring substituents is 1. The molecule has 25 heavy (non-hydrogen) atoms. The normalized spacial score (nSPS) is 13.6. The highest BCUT2D eigenvalue weighted by molar-refractivity contribution is 7.99. The molecule has 0 aliphatic heterocycles. The number of nitrogens with zero attached hydrogens (tertiary/aromatic N) is 2. The summed E-state index contributed by atoms with van der Waals surface area (Å²) in [7, 11) is -5.05. The summed E-state index contributed by atoms with van der Waals surface area (Å²) in [5, 5.41) is 10.8. The second-order valence-corrected chi connectivity index (χ2v) is 9.51. The van der Waals surface area contributed by atoms with Crippen LogP contribution in [0.3, 0.4) is 0 Å². The van der Waals surface area contributed by atoms with Crippen LogP contribution in [0.1, 0.15) is 20.8 Å². The van der Waals surface area contributed by atoms with Crippen LogP contribution in [0.5, 0.6) is 0 Å². The molecule has 2 rings (SSSR count). The van der Waals surface area contributed by atoms with Gasteiger partial charge in [-0.25, -0.2) is 4.72 Å². The van der Waals surface area contributed by atoms with Gasteiger partial charge in [0.25, 0.3) is 15.7 Å². The Hall–Kier alpha value is -2.10. The summed E-state index contributed by atoms with van der Waals surface area (Å²) >= 11 is 0. The predicted molar refractivity (Wildman–Crippen MR) is 97.7 cm³/mol. The maximum Gasteiger partial charge on any atom is 0.289 e. The molecule has 0 saturated carbocycles. The Morgan fingerprint density at radius 1 is 1.04 bits per heavy atom. The molecule has 0 aromatic heterocycles. The van der Waals surface area contributed by atoms with Gasteiger partial charge in [0.2, 0.25) is 0 Å². The molecule has 0 heterocycles. The van der Waals surface area contributed by atoms with Crippen molar-refractivity contribution in [3.05, 3.63) is 64.7 Å². The summed E-state index contributed by atoms with van der Waals surface area (Å²) in [6.45, 7) is 5.68. The van der Waals surface area contributed by atoms with Crippen molar-refractivity contribution in [2.75, 3.05) is 0 Å². The molecule has 0 bridgehead atoms. The quantitative estimate of drug-likeness (QED) is 0.631. The second kappa shape index (κ2) is 7.42. The number of hydrogen-bond acceptors (Lipinski definition) is 4. The second-order valence-electron chi connectivity index (χ2n) is 6.25. The highest BCUT2D eigenvalue weighted by Gasteiger charge is 2.19. The first kappa shape index (κ1) is 19.2. The first-order chi connectivity index (χ1) is 11.6. The molecule has 7 nitrogen and oxygen atoms in total. The lowest BCUT2D eigenvalue weighted by atomic mass is 10.1. The summed E-state index contributed by atoms with van der Waals surface area (Å²) < 4.78 is 32.3. The molecule has 134 valence electrons. The lowest BCUT2D eigenvalue weighted by Gasteiger charge is -2.22. The smallest absolute Gasteiger partial charge is 0.258 e. The van der Waals surface area contributed by atoms with Crippen molar-refractivity contribution in [1.29, 1.82) is 0 Å². The van der Waals surface area contributed by atoms with Crippen LogP contribution in [0, 0.1) is 10.1 Å². The highest BCUT2D eigenvalue weighted by Crippen LogP contribution is 2.20. The third kappa shape index (κ3) is 5.45. The lowest BCUT2D eigenvalue weighted by molar-refractivity contribution is -0.384. The van der Waals surface area contributed by atoms with E-state index in [9.17, 15) is 18.5 Å². The van der Waals surface area contributed by atoms with E-state index in [0.717, 1.165) is 0 Å². The minimum absolute atomic E-state index is 0.0611. The first-order valence-electron chi connectivity index (χ1n) is 7.38. The third-order valence-electron chi connectivity index (χ3n) is 2.89. The molecule has 0 spiro atoms. The fourth-order valence-electron chi connectivity index (χ4n) is 1.84. The summed E-state index contributed by atoms with van der Waals surface area (Å²) in [6, 6.07) is 13.7. The molecule has 0 amide bonds. The van der Waals surface area contributed by atoms with Crippen LogP contribution in [-0.2, 0) is 20.9 Å². The molecule has 0 unspecified atom stereocenters. The summed E-state index contributed by atoms with van der Waals surface area (Å²) in [6.07, 6.45) is 0. The maximum atomic E-state index is 12.6. The Balaban J connectivity index is 2.51. The van der Waals surface area contributed by atoms with Gasteiger partial charge in [0.05, 0.1) is 9.82 Å². The van der Waals surface area contributed by atoms with Gasteiger partial charge in [0, 0.05) is 33.4 Å². The van der Waals surface area contributed by atoms with Gasteiger partial charge in [-0.1, -0.05) is 18.2 Å². The fraction of sp³-hybridized carbons (Fsp3) is 0.250. The molecule has 9 heteroatoms. The van der Waals surface area contributed by atoms with Crippen LogP contribution in [0.4, 0.5) is 5.69 Å². The van der Waals surface area contributed by atoms with E-state index < -0.39 is 31.4 Å². The number of sulfonamides is 1. The highest BCUT2D eigenvalue weighted by atomic mass is 32.3. The zero-order valence-corrected chi connectivity index (χ0v) is 15.7. The molecular formula is C16H19N3O4S2. The van der Waals surface area contributed by atoms with Crippen LogP contribution in [0.2, 0.25) is 0 Å². The number of nitro benzene ring substituents is 1. The Bertz CT molecular complexity index is 887. The van der Waals surface area contributed by atoms with Gasteiger partial charge < -0.3 is 0 Å². The average molecular weight is 381 g/mol. The molecule has 1 atom stereocenters. The largest absolute Gasteiger partial charge is 0.289 e. The van der Waals surface area contributed by atoms with Crippen LogP contribution in [0.25, 0.3) is 0 Å². The van der Waals surface area contributed by atoms with E-state index in [0.29, 0.717) is 4.90 Å². The van der Waals surface area contributed by atoms with Gasteiger partial charge in [-0.3, -0.25) is 10.1 Å². The van der Waals surface area contributed by atoms with E-state index in [4.69, 9.17) is 0 Å². The molecule has 0 fully saturated rings. The van der Waals surface area contributed by atoms with Gasteiger partial charge in [-0.05, 0) is 45.0 Å². The lowest BCUT2D eigenvalue weighted by Crippen LogP contribution is -2.37. The molecule has 0 saturated heterocycles. The maximum absolute atomic E-state index is 12.6. The van der Waals surface area contributed by atoms with Crippen LogP contribution < -0.4 is 4.72 Å². The van der Waals surface area contributed by atoms with E-state index in [1.165, 1.54) is 36.4 Å². The van der Waals surface area contributed by atoms with Crippen molar-refractivity contribution in [2.45, 2.75) is 36.1 Å². The number of rotatable bonds is 5. The van der Waals surface area contributed by atoms with Crippen molar-refractivity contribution in [3.63, 3.8) is 0 Å². The Morgan fingerprint density at radius 2 is 1.60 bits per heavy atom. The monoisotopic (exact) mass is 381 g/mol. The minimum Gasteiger partial charge on any atom is -0.258 e. The molecule has 0 radical (unpaired) electrons. The fourth-order valence-corrected chi connectivity index (χ4v) is 5.06. The minimum atomic E-state index is -3.87. The first-order valence-corrected chi connectivity index (χ1v) is 10.0. The van der Waals surface area contributed by atoms with Gasteiger partial charge in [0.15, 0.2) is 0 Å². The van der Waals surface area contributed by atoms with Crippen molar-refractivity contribution in [2.24, 2.45) is 3.77 Å². The number of benzene rings is 2. The van der Waals surface area contributed by atoms with Crippen molar-refractivity contribution >= 4 is 26.6 Å². The molecular weight excluding hydrogens is 362 g/mol. The summed E-state index contributed by atoms with van der Waals surface area (Å²) in [5.74, 6) is 0. The zero-order chi connectivity index (χ0) is 18.7. The molecule has 0 aliphatic rings. The van der Waals surface area contributed by atoms with Crippen molar-refractivity contribution in [1.82, 2.24) is 4.72 Å². The van der Waals surface area contributed by atoms with Crippen LogP contribution >= 0.6 is 0 Å². The van der Waals surface area contributed by atoms with Crippen molar-refractivity contribution < 1.29 is 13.3 Å². The van der Waals surface area contributed by atoms with Crippen molar-refractivity contribution in [3.8, 4) is 0 Å². The van der Waals surface area contributed by atoms with E-state index >= 15 is 0 Å². The Morgan fingerprint density at radius 3 is 2.08 bits per heavy atom. The van der Waals surface area contributed by atoms with Crippen LogP contribution in [-0.4, -0.2) is 18.9 Å². The third-order valence-corrected chi connectivity index (χ3v) is 6.66. The zero-order valence-electron chi connectivity index (χ0n) is 14.0. The van der Waals surface area contributed by atoms with E-state index in [1.54, 1.807) is 18.2 Å². The van der Waals surface area contributed by atoms with Gasteiger partial charge in [0.1, 0.15) is 0 Å². The van der Waals surface area contributed by atoms with Gasteiger partial charge in [-0.2, -0.15) is 8.42 Å². The summed E-state index contributed by atoms with van der Waals surface area (Å²) in [4.78, 5) is 11.0. The average Bonchev–Trinajstić information content (AvgIpc) is 2.53.